The maximum atomic E-state index is 13.3. The lowest BCUT2D eigenvalue weighted by molar-refractivity contribution is -0.122. The quantitative estimate of drug-likeness (QED) is 0.334. The largest absolute Gasteiger partial charge is 0.490 e. The molecule has 1 N–H and O–H groups in total. The molecule has 1 saturated heterocycles. The molecule has 0 radical (unpaired) electrons. The number of ether oxygens (including phenoxy) is 2. The zero-order chi connectivity index (χ0) is 25.8. The topological polar surface area (TPSA) is 84.9 Å². The summed E-state index contributed by atoms with van der Waals surface area (Å²) in [5.74, 6) is -0.495. The number of hydrogen-bond acceptors (Lipinski definition) is 5. The second-order valence-corrected chi connectivity index (χ2v) is 8.74. The number of carbonyl (C=O) groups is 3. The Hall–Kier alpha value is -4.10. The van der Waals surface area contributed by atoms with Crippen molar-refractivity contribution in [3.63, 3.8) is 0 Å². The van der Waals surface area contributed by atoms with Crippen LogP contribution in [-0.4, -0.2) is 24.5 Å². The van der Waals surface area contributed by atoms with Gasteiger partial charge in [0.05, 0.1) is 12.3 Å². The van der Waals surface area contributed by atoms with Crippen molar-refractivity contribution in [1.29, 1.82) is 0 Å². The number of amides is 4. The van der Waals surface area contributed by atoms with Crippen LogP contribution in [0.25, 0.3) is 6.08 Å². The molecule has 0 aromatic heterocycles. The first-order valence-corrected chi connectivity index (χ1v) is 11.8. The van der Waals surface area contributed by atoms with Crippen LogP contribution < -0.4 is 19.7 Å². The molecule has 1 aliphatic heterocycles. The smallest absolute Gasteiger partial charge is 0.335 e. The Balaban J connectivity index is 1.63. The van der Waals surface area contributed by atoms with Crippen molar-refractivity contribution < 1.29 is 23.9 Å². The monoisotopic (exact) mass is 504 g/mol. The van der Waals surface area contributed by atoms with Crippen molar-refractivity contribution in [3.05, 3.63) is 93.5 Å². The zero-order valence-corrected chi connectivity index (χ0v) is 20.9. The van der Waals surface area contributed by atoms with Gasteiger partial charge in [-0.2, -0.15) is 0 Å². The Morgan fingerprint density at radius 2 is 1.75 bits per heavy atom. The molecule has 0 unspecified atom stereocenters. The van der Waals surface area contributed by atoms with E-state index in [1.54, 1.807) is 43.3 Å². The molecule has 7 nitrogen and oxygen atoms in total. The fraction of sp³-hybridized carbons (Fsp3) is 0.179. The number of anilines is 1. The van der Waals surface area contributed by atoms with Crippen LogP contribution in [0.2, 0.25) is 5.02 Å². The van der Waals surface area contributed by atoms with Crippen molar-refractivity contribution in [2.75, 3.05) is 11.5 Å². The summed E-state index contributed by atoms with van der Waals surface area (Å²) in [5.41, 5.74) is 3.44. The number of aryl methyl sites for hydroxylation is 2. The average Bonchev–Trinajstić information content (AvgIpc) is 2.83. The molecule has 0 bridgehead atoms. The molecule has 0 spiro atoms. The Morgan fingerprint density at radius 3 is 2.47 bits per heavy atom. The number of hydrogen-bond donors (Lipinski definition) is 1. The van der Waals surface area contributed by atoms with Gasteiger partial charge in [0.1, 0.15) is 12.2 Å². The molecule has 1 aliphatic rings. The maximum absolute atomic E-state index is 13.3. The van der Waals surface area contributed by atoms with Gasteiger partial charge in [0.25, 0.3) is 11.8 Å². The molecule has 3 aromatic rings. The van der Waals surface area contributed by atoms with E-state index in [0.29, 0.717) is 34.4 Å². The Morgan fingerprint density at radius 1 is 0.944 bits per heavy atom. The summed E-state index contributed by atoms with van der Waals surface area (Å²) in [5, 5.41) is 2.87. The van der Waals surface area contributed by atoms with Gasteiger partial charge in [-0.1, -0.05) is 47.5 Å². The maximum Gasteiger partial charge on any atom is 0.335 e. The van der Waals surface area contributed by atoms with E-state index in [-0.39, 0.29) is 12.2 Å². The molecule has 184 valence electrons. The standard InChI is InChI=1S/C28H25ClN2O5/c1-4-35-25-15-19(9-11-24(25)36-16-20-6-5-7-21(29)13-20)14-22-26(32)30-28(34)31(27(22)33)23-10-8-17(2)12-18(23)3/h5-15H,4,16H2,1-3H3,(H,30,32,34)/b22-14+. The number of rotatable bonds is 7. The van der Waals surface area contributed by atoms with Crippen LogP contribution in [0.1, 0.15) is 29.2 Å². The van der Waals surface area contributed by atoms with Crippen LogP contribution in [-0.2, 0) is 16.2 Å². The minimum absolute atomic E-state index is 0.162. The van der Waals surface area contributed by atoms with Crippen molar-refractivity contribution >= 4 is 41.2 Å². The third kappa shape index (κ3) is 5.42. The molecular weight excluding hydrogens is 480 g/mol. The molecule has 1 fully saturated rings. The fourth-order valence-corrected chi connectivity index (χ4v) is 4.10. The second kappa shape index (κ2) is 10.7. The summed E-state index contributed by atoms with van der Waals surface area (Å²) in [6.07, 6.45) is 1.43. The number of benzene rings is 3. The van der Waals surface area contributed by atoms with E-state index in [0.717, 1.165) is 21.6 Å². The van der Waals surface area contributed by atoms with E-state index in [1.165, 1.54) is 6.08 Å². The molecule has 0 aliphatic carbocycles. The lowest BCUT2D eigenvalue weighted by Gasteiger charge is -2.27. The highest BCUT2D eigenvalue weighted by atomic mass is 35.5. The van der Waals surface area contributed by atoms with Crippen LogP contribution >= 0.6 is 11.6 Å². The first-order valence-electron chi connectivity index (χ1n) is 11.4. The number of nitrogens with one attached hydrogen (secondary N) is 1. The van der Waals surface area contributed by atoms with E-state index in [4.69, 9.17) is 21.1 Å². The predicted octanol–water partition coefficient (Wildman–Crippen LogP) is 5.60. The minimum Gasteiger partial charge on any atom is -0.490 e. The number of barbiturate groups is 1. The van der Waals surface area contributed by atoms with E-state index in [1.807, 2.05) is 38.1 Å². The summed E-state index contributed by atoms with van der Waals surface area (Å²) in [7, 11) is 0. The van der Waals surface area contributed by atoms with Gasteiger partial charge in [-0.05, 0) is 73.9 Å². The van der Waals surface area contributed by atoms with Crippen LogP contribution in [0.5, 0.6) is 11.5 Å². The lowest BCUT2D eigenvalue weighted by Crippen LogP contribution is -2.54. The van der Waals surface area contributed by atoms with Gasteiger partial charge in [0.15, 0.2) is 11.5 Å². The highest BCUT2D eigenvalue weighted by Crippen LogP contribution is 2.31. The molecule has 4 amide bonds. The molecule has 3 aromatic carbocycles. The number of carbonyl (C=O) groups excluding carboxylic acids is 3. The average molecular weight is 505 g/mol. The van der Waals surface area contributed by atoms with E-state index < -0.39 is 17.8 Å². The molecule has 0 saturated carbocycles. The molecule has 1 heterocycles. The van der Waals surface area contributed by atoms with Crippen LogP contribution in [0.4, 0.5) is 10.5 Å². The molecule has 36 heavy (non-hydrogen) atoms. The van der Waals surface area contributed by atoms with E-state index in [2.05, 4.69) is 5.32 Å². The van der Waals surface area contributed by atoms with Crippen molar-refractivity contribution in [3.8, 4) is 11.5 Å². The summed E-state index contributed by atoms with van der Waals surface area (Å²) in [6.45, 7) is 6.25. The fourth-order valence-electron chi connectivity index (χ4n) is 3.89. The summed E-state index contributed by atoms with van der Waals surface area (Å²) in [6, 6.07) is 17.0. The van der Waals surface area contributed by atoms with Gasteiger partial charge in [-0.25, -0.2) is 9.69 Å². The molecule has 4 rings (SSSR count). The van der Waals surface area contributed by atoms with Gasteiger partial charge in [0.2, 0.25) is 0 Å². The minimum atomic E-state index is -0.783. The van der Waals surface area contributed by atoms with Gasteiger partial charge in [0, 0.05) is 5.02 Å². The molecule has 0 atom stereocenters. The SMILES string of the molecule is CCOc1cc(/C=C2\C(=O)NC(=O)N(c3ccc(C)cc3C)C2=O)ccc1OCc1cccc(Cl)c1. The predicted molar refractivity (Wildman–Crippen MR) is 138 cm³/mol. The normalized spacial score (nSPS) is 14.7. The zero-order valence-electron chi connectivity index (χ0n) is 20.1. The van der Waals surface area contributed by atoms with Crippen molar-refractivity contribution in [2.24, 2.45) is 0 Å². The van der Waals surface area contributed by atoms with Gasteiger partial charge < -0.3 is 9.47 Å². The Kier molecular flexibility index (Phi) is 7.41. The van der Waals surface area contributed by atoms with Gasteiger partial charge >= 0.3 is 6.03 Å². The van der Waals surface area contributed by atoms with E-state index >= 15 is 0 Å². The number of imide groups is 2. The Labute approximate surface area is 214 Å². The third-order valence-corrected chi connectivity index (χ3v) is 5.79. The third-order valence-electron chi connectivity index (χ3n) is 5.56. The van der Waals surface area contributed by atoms with Gasteiger partial charge in [-0.3, -0.25) is 14.9 Å². The highest BCUT2D eigenvalue weighted by molar-refractivity contribution is 6.39. The van der Waals surface area contributed by atoms with Crippen LogP contribution in [0, 0.1) is 13.8 Å². The summed E-state index contributed by atoms with van der Waals surface area (Å²) >= 11 is 6.05. The highest BCUT2D eigenvalue weighted by Gasteiger charge is 2.37. The molecule has 8 heteroatoms. The van der Waals surface area contributed by atoms with Crippen molar-refractivity contribution in [1.82, 2.24) is 5.32 Å². The Bertz CT molecular complexity index is 1380. The summed E-state index contributed by atoms with van der Waals surface area (Å²) in [4.78, 5) is 39.4. The van der Waals surface area contributed by atoms with Gasteiger partial charge in [-0.15, -0.1) is 0 Å². The van der Waals surface area contributed by atoms with E-state index in [9.17, 15) is 14.4 Å². The first kappa shape index (κ1) is 25.0. The second-order valence-electron chi connectivity index (χ2n) is 8.31. The summed E-state index contributed by atoms with van der Waals surface area (Å²) < 4.78 is 11.7. The number of halogens is 1. The van der Waals surface area contributed by atoms with Crippen LogP contribution in [0.3, 0.4) is 0 Å². The van der Waals surface area contributed by atoms with Crippen LogP contribution in [0.15, 0.2) is 66.2 Å². The molecular formula is C28H25ClN2O5. The first-order chi connectivity index (χ1) is 17.3. The number of urea groups is 1. The number of nitrogens with zero attached hydrogens (tertiary/aromatic N) is 1. The van der Waals surface area contributed by atoms with Crippen molar-refractivity contribution in [2.45, 2.75) is 27.4 Å². The lowest BCUT2D eigenvalue weighted by atomic mass is 10.0.